The van der Waals surface area contributed by atoms with E-state index in [0.29, 0.717) is 19.3 Å². The lowest BCUT2D eigenvalue weighted by molar-refractivity contribution is 0.310. The highest BCUT2D eigenvalue weighted by molar-refractivity contribution is 7.90. The van der Waals surface area contributed by atoms with Gasteiger partial charge in [-0.1, -0.05) is 31.3 Å². The Hall–Kier alpha value is -0.820. The van der Waals surface area contributed by atoms with Crippen LogP contribution in [-0.4, -0.2) is 30.2 Å². The zero-order valence-electron chi connectivity index (χ0n) is 11.0. The lowest BCUT2D eigenvalue weighted by Gasteiger charge is -2.31. The molecule has 1 aliphatic carbocycles. The summed E-state index contributed by atoms with van der Waals surface area (Å²) in [6.45, 7) is 3.42. The molecule has 1 aliphatic rings. The summed E-state index contributed by atoms with van der Waals surface area (Å²) in [6, 6.07) is 0. The summed E-state index contributed by atoms with van der Waals surface area (Å²) in [4.78, 5) is 0. The average molecular weight is 277 g/mol. The molecule has 4 N–H and O–H groups in total. The molecule has 0 aromatic rings. The van der Waals surface area contributed by atoms with Crippen molar-refractivity contribution < 1.29 is 13.6 Å². The van der Waals surface area contributed by atoms with Crippen LogP contribution in [0.3, 0.4) is 0 Å². The molecule has 6 nitrogen and oxygen atoms in total. The van der Waals surface area contributed by atoms with Gasteiger partial charge < -0.3 is 10.9 Å². The number of nitrogens with two attached hydrogens (primary N) is 1. The molecule has 0 amide bonds. The summed E-state index contributed by atoms with van der Waals surface area (Å²) in [5.41, 5.74) is 4.55. The van der Waals surface area contributed by atoms with Gasteiger partial charge in [0.1, 0.15) is 0 Å². The van der Waals surface area contributed by atoms with Gasteiger partial charge in [0, 0.05) is 0 Å². The van der Waals surface area contributed by atoms with Crippen LogP contribution in [-0.2, 0) is 10.0 Å². The monoisotopic (exact) mass is 277 g/mol. The second kappa shape index (κ2) is 5.88. The van der Waals surface area contributed by atoms with Gasteiger partial charge >= 0.3 is 0 Å². The zero-order valence-corrected chi connectivity index (χ0v) is 11.8. The van der Waals surface area contributed by atoms with Crippen molar-refractivity contribution in [2.45, 2.75) is 63.2 Å². The van der Waals surface area contributed by atoms with Crippen LogP contribution in [0.25, 0.3) is 0 Å². The van der Waals surface area contributed by atoms with Crippen molar-refractivity contribution in [3.63, 3.8) is 0 Å². The number of oxime groups is 1. The van der Waals surface area contributed by atoms with Gasteiger partial charge in [-0.15, -0.1) is 0 Å². The van der Waals surface area contributed by atoms with E-state index in [1.807, 2.05) is 0 Å². The second-order valence-corrected chi connectivity index (χ2v) is 7.04. The Morgan fingerprint density at radius 2 is 2.00 bits per heavy atom. The van der Waals surface area contributed by atoms with Crippen LogP contribution in [0.4, 0.5) is 0 Å². The predicted octanol–water partition coefficient (Wildman–Crippen LogP) is 1.15. The van der Waals surface area contributed by atoms with E-state index in [-0.39, 0.29) is 11.1 Å². The molecule has 1 fully saturated rings. The van der Waals surface area contributed by atoms with E-state index in [4.69, 9.17) is 10.9 Å². The summed E-state index contributed by atoms with van der Waals surface area (Å²) < 4.78 is 27.2. The number of nitrogens with one attached hydrogen (secondary N) is 1. The SMILES string of the molecule is CCC(C)(NS(=O)(=O)C1CCCCC1)/C(N)=N/O. The minimum absolute atomic E-state index is 0.107. The van der Waals surface area contributed by atoms with Crippen molar-refractivity contribution in [1.82, 2.24) is 4.72 Å². The Morgan fingerprint density at radius 3 is 2.44 bits per heavy atom. The highest BCUT2D eigenvalue weighted by Crippen LogP contribution is 2.25. The first-order chi connectivity index (χ1) is 8.35. The summed E-state index contributed by atoms with van der Waals surface area (Å²) in [5, 5.41) is 11.3. The van der Waals surface area contributed by atoms with E-state index >= 15 is 0 Å². The van der Waals surface area contributed by atoms with E-state index in [2.05, 4.69) is 9.88 Å². The zero-order chi connectivity index (χ0) is 13.8. The van der Waals surface area contributed by atoms with Crippen LogP contribution in [0.5, 0.6) is 0 Å². The van der Waals surface area contributed by atoms with Crippen LogP contribution in [0.15, 0.2) is 5.16 Å². The minimum atomic E-state index is -3.43. The number of sulfonamides is 1. The molecule has 1 saturated carbocycles. The van der Waals surface area contributed by atoms with Crippen LogP contribution in [0.2, 0.25) is 0 Å². The topological polar surface area (TPSA) is 105 Å². The molecule has 0 aromatic carbocycles. The molecule has 0 heterocycles. The first-order valence-corrected chi connectivity index (χ1v) is 7.91. The molecule has 106 valence electrons. The molecule has 0 bridgehead atoms. The first-order valence-electron chi connectivity index (χ1n) is 6.36. The maximum Gasteiger partial charge on any atom is 0.215 e. The molecule has 7 heteroatoms. The van der Waals surface area contributed by atoms with Gasteiger partial charge in [-0.25, -0.2) is 13.1 Å². The molecule has 1 rings (SSSR count). The fourth-order valence-corrected chi connectivity index (χ4v) is 4.19. The predicted molar refractivity (Wildman–Crippen MR) is 71.0 cm³/mol. The number of nitrogens with zero attached hydrogens (tertiary/aromatic N) is 1. The lowest BCUT2D eigenvalue weighted by Crippen LogP contribution is -2.57. The van der Waals surface area contributed by atoms with Gasteiger partial charge in [0.15, 0.2) is 5.84 Å². The molecule has 0 aliphatic heterocycles. The van der Waals surface area contributed by atoms with Gasteiger partial charge in [-0.2, -0.15) is 0 Å². The van der Waals surface area contributed by atoms with E-state index in [1.165, 1.54) is 0 Å². The summed E-state index contributed by atoms with van der Waals surface area (Å²) >= 11 is 0. The largest absolute Gasteiger partial charge is 0.409 e. The number of hydrogen-bond donors (Lipinski definition) is 3. The van der Waals surface area contributed by atoms with Gasteiger partial charge in [0.25, 0.3) is 0 Å². The lowest BCUT2D eigenvalue weighted by atomic mass is 9.99. The molecule has 18 heavy (non-hydrogen) atoms. The molecule has 0 saturated heterocycles. The Labute approximate surface area is 109 Å². The molecule has 1 unspecified atom stereocenters. The third kappa shape index (κ3) is 3.35. The molecule has 1 atom stereocenters. The molecular formula is C11H23N3O3S. The van der Waals surface area contributed by atoms with E-state index in [0.717, 1.165) is 19.3 Å². The Bertz CT molecular complexity index is 402. The molecule has 0 radical (unpaired) electrons. The van der Waals surface area contributed by atoms with Crippen molar-refractivity contribution >= 4 is 15.9 Å². The van der Waals surface area contributed by atoms with E-state index in [9.17, 15) is 8.42 Å². The standard InChI is InChI=1S/C11H23N3O3S/c1-3-11(2,10(12)13-15)14-18(16,17)9-7-5-4-6-8-9/h9,14-15H,3-8H2,1-2H3,(H2,12,13). The third-order valence-electron chi connectivity index (χ3n) is 3.74. The highest BCUT2D eigenvalue weighted by atomic mass is 32.2. The molecule has 0 spiro atoms. The summed E-state index contributed by atoms with van der Waals surface area (Å²) in [6.07, 6.45) is 4.78. The number of rotatable bonds is 5. The smallest absolute Gasteiger partial charge is 0.215 e. The highest BCUT2D eigenvalue weighted by Gasteiger charge is 2.36. The first kappa shape index (κ1) is 15.2. The maximum atomic E-state index is 12.3. The van der Waals surface area contributed by atoms with Crippen molar-refractivity contribution in [3.05, 3.63) is 0 Å². The average Bonchev–Trinajstić information content (AvgIpc) is 2.38. The van der Waals surface area contributed by atoms with Gasteiger partial charge in [-0.3, -0.25) is 0 Å². The third-order valence-corrected chi connectivity index (χ3v) is 5.82. The summed E-state index contributed by atoms with van der Waals surface area (Å²) in [5.74, 6) is -0.107. The number of amidine groups is 1. The van der Waals surface area contributed by atoms with Gasteiger partial charge in [0.2, 0.25) is 10.0 Å². The fourth-order valence-electron chi connectivity index (χ4n) is 2.19. The maximum absolute atomic E-state index is 12.3. The van der Waals surface area contributed by atoms with Crippen LogP contribution in [0.1, 0.15) is 52.4 Å². The fraction of sp³-hybridized carbons (Fsp3) is 0.909. The van der Waals surface area contributed by atoms with Gasteiger partial charge in [-0.05, 0) is 26.2 Å². The Kier molecular flexibility index (Phi) is 4.98. The molecule has 0 aromatic heterocycles. The van der Waals surface area contributed by atoms with Crippen molar-refractivity contribution in [2.24, 2.45) is 10.9 Å². The van der Waals surface area contributed by atoms with E-state index < -0.39 is 15.6 Å². The minimum Gasteiger partial charge on any atom is -0.409 e. The van der Waals surface area contributed by atoms with Crippen LogP contribution >= 0.6 is 0 Å². The van der Waals surface area contributed by atoms with Crippen LogP contribution in [0, 0.1) is 0 Å². The van der Waals surface area contributed by atoms with Crippen molar-refractivity contribution in [2.75, 3.05) is 0 Å². The van der Waals surface area contributed by atoms with Crippen molar-refractivity contribution in [3.8, 4) is 0 Å². The Morgan fingerprint density at radius 1 is 1.44 bits per heavy atom. The summed E-state index contributed by atoms with van der Waals surface area (Å²) in [7, 11) is -3.43. The van der Waals surface area contributed by atoms with E-state index in [1.54, 1.807) is 13.8 Å². The normalized spacial score (nSPS) is 22.7. The van der Waals surface area contributed by atoms with Crippen LogP contribution < -0.4 is 10.5 Å². The quantitative estimate of drug-likeness (QED) is 0.303. The molecular weight excluding hydrogens is 254 g/mol. The van der Waals surface area contributed by atoms with Crippen molar-refractivity contribution in [1.29, 1.82) is 0 Å². The Balaban J connectivity index is 2.86. The second-order valence-electron chi connectivity index (χ2n) is 5.08. The van der Waals surface area contributed by atoms with Gasteiger partial charge in [0.05, 0.1) is 10.8 Å². The number of hydrogen-bond acceptors (Lipinski definition) is 4.